The molecule has 1 saturated heterocycles. The van der Waals surface area contributed by atoms with Crippen molar-refractivity contribution in [3.63, 3.8) is 0 Å². The van der Waals surface area contributed by atoms with E-state index in [4.69, 9.17) is 9.47 Å². The first-order chi connectivity index (χ1) is 8.12. The van der Waals surface area contributed by atoms with Crippen molar-refractivity contribution in [2.24, 2.45) is 0 Å². The van der Waals surface area contributed by atoms with Crippen LogP contribution >= 0.6 is 0 Å². The summed E-state index contributed by atoms with van der Waals surface area (Å²) in [7, 11) is 0. The first-order valence-corrected chi connectivity index (χ1v) is 6.39. The van der Waals surface area contributed by atoms with Gasteiger partial charge in [0.25, 0.3) is 0 Å². The number of rotatable bonds is 7. The topological polar surface area (TPSA) is 59.6 Å². The van der Waals surface area contributed by atoms with Crippen LogP contribution in [-0.4, -0.2) is 44.0 Å². The number of carbonyl (C=O) groups excluding carboxylic acids is 1. The van der Waals surface area contributed by atoms with E-state index in [0.29, 0.717) is 19.8 Å². The lowest BCUT2D eigenvalue weighted by atomic mass is 9.99. The molecular weight excluding hydrogens is 220 g/mol. The average Bonchev–Trinajstić information content (AvgIpc) is 2.74. The average molecular weight is 244 g/mol. The number of amides is 1. The molecule has 0 aromatic heterocycles. The van der Waals surface area contributed by atoms with Gasteiger partial charge in [-0.1, -0.05) is 0 Å². The van der Waals surface area contributed by atoms with Gasteiger partial charge in [-0.15, -0.1) is 0 Å². The fourth-order valence-corrected chi connectivity index (χ4v) is 2.00. The molecule has 2 N–H and O–H groups in total. The largest absolute Gasteiger partial charge is 0.351 e. The summed E-state index contributed by atoms with van der Waals surface area (Å²) in [5.41, 5.74) is -0.428. The molecule has 1 unspecified atom stereocenters. The molecule has 0 bridgehead atoms. The van der Waals surface area contributed by atoms with E-state index in [9.17, 15) is 4.79 Å². The molecule has 0 aromatic carbocycles. The van der Waals surface area contributed by atoms with Gasteiger partial charge in [0.05, 0.1) is 12.1 Å². The van der Waals surface area contributed by atoms with E-state index in [2.05, 4.69) is 10.6 Å². The first kappa shape index (κ1) is 14.4. The standard InChI is InChI=1S/C12H24N2O3/c1-4-16-10(17-5-2)9-13-11(15)12(3)7-6-8-14-12/h10,14H,4-9H2,1-3H3,(H,13,15). The Morgan fingerprint density at radius 3 is 2.53 bits per heavy atom. The zero-order chi connectivity index (χ0) is 12.7. The predicted octanol–water partition coefficient (Wildman–Crippen LogP) is 0.644. The highest BCUT2D eigenvalue weighted by molar-refractivity contribution is 5.86. The maximum atomic E-state index is 12.0. The summed E-state index contributed by atoms with van der Waals surface area (Å²) < 4.78 is 10.7. The molecule has 0 radical (unpaired) electrons. The molecule has 0 saturated carbocycles. The summed E-state index contributed by atoms with van der Waals surface area (Å²) in [6, 6.07) is 0. The van der Waals surface area contributed by atoms with Crippen molar-refractivity contribution in [2.45, 2.75) is 45.4 Å². The van der Waals surface area contributed by atoms with E-state index >= 15 is 0 Å². The van der Waals surface area contributed by atoms with Gasteiger partial charge < -0.3 is 20.1 Å². The van der Waals surface area contributed by atoms with Crippen LogP contribution in [0.1, 0.15) is 33.6 Å². The van der Waals surface area contributed by atoms with Gasteiger partial charge in [0, 0.05) is 13.2 Å². The van der Waals surface area contributed by atoms with Crippen LogP contribution in [0.25, 0.3) is 0 Å². The maximum Gasteiger partial charge on any atom is 0.240 e. The minimum Gasteiger partial charge on any atom is -0.351 e. The normalized spacial score (nSPS) is 24.2. The molecule has 1 aliphatic rings. The van der Waals surface area contributed by atoms with E-state index in [1.807, 2.05) is 20.8 Å². The molecule has 0 aromatic rings. The minimum absolute atomic E-state index is 0.0272. The van der Waals surface area contributed by atoms with E-state index in [1.54, 1.807) is 0 Å². The number of ether oxygens (including phenoxy) is 2. The molecule has 1 heterocycles. The Balaban J connectivity index is 2.34. The van der Waals surface area contributed by atoms with Crippen molar-refractivity contribution in [3.8, 4) is 0 Å². The van der Waals surface area contributed by atoms with E-state index < -0.39 is 5.54 Å². The van der Waals surface area contributed by atoms with Crippen molar-refractivity contribution in [1.29, 1.82) is 0 Å². The quantitative estimate of drug-likeness (QED) is 0.645. The summed E-state index contributed by atoms with van der Waals surface area (Å²) in [5.74, 6) is 0.0272. The number of carbonyl (C=O) groups is 1. The SMILES string of the molecule is CCOC(CNC(=O)C1(C)CCCN1)OCC. The first-order valence-electron chi connectivity index (χ1n) is 6.39. The number of hydrogen-bond acceptors (Lipinski definition) is 4. The fraction of sp³-hybridized carbons (Fsp3) is 0.917. The molecule has 5 heteroatoms. The smallest absolute Gasteiger partial charge is 0.240 e. The van der Waals surface area contributed by atoms with Crippen molar-refractivity contribution in [2.75, 3.05) is 26.3 Å². The van der Waals surface area contributed by atoms with Crippen molar-refractivity contribution >= 4 is 5.91 Å². The van der Waals surface area contributed by atoms with Gasteiger partial charge in [-0.05, 0) is 40.2 Å². The van der Waals surface area contributed by atoms with Crippen LogP contribution < -0.4 is 10.6 Å². The van der Waals surface area contributed by atoms with Crippen LogP contribution in [0.2, 0.25) is 0 Å². The maximum absolute atomic E-state index is 12.0. The molecule has 5 nitrogen and oxygen atoms in total. The molecule has 0 aliphatic carbocycles. The van der Waals surface area contributed by atoms with Crippen LogP contribution in [0, 0.1) is 0 Å². The lowest BCUT2D eigenvalue weighted by Gasteiger charge is -2.25. The summed E-state index contributed by atoms with van der Waals surface area (Å²) >= 11 is 0. The number of hydrogen-bond donors (Lipinski definition) is 2. The van der Waals surface area contributed by atoms with Crippen LogP contribution in [0.4, 0.5) is 0 Å². The third-order valence-corrected chi connectivity index (χ3v) is 3.00. The number of nitrogens with one attached hydrogen (secondary N) is 2. The molecule has 1 amide bonds. The second-order valence-corrected chi connectivity index (χ2v) is 4.41. The Labute approximate surface area is 103 Å². The summed E-state index contributed by atoms with van der Waals surface area (Å²) in [5, 5.41) is 6.11. The summed E-state index contributed by atoms with van der Waals surface area (Å²) in [6.45, 7) is 8.22. The van der Waals surface area contributed by atoms with Crippen molar-refractivity contribution in [1.82, 2.24) is 10.6 Å². The van der Waals surface area contributed by atoms with Gasteiger partial charge in [0.1, 0.15) is 0 Å². The van der Waals surface area contributed by atoms with E-state index in [1.165, 1.54) is 0 Å². The lowest BCUT2D eigenvalue weighted by Crippen LogP contribution is -2.52. The van der Waals surface area contributed by atoms with Crippen LogP contribution in [0.3, 0.4) is 0 Å². The summed E-state index contributed by atoms with van der Waals surface area (Å²) in [6.07, 6.45) is 1.58. The molecule has 17 heavy (non-hydrogen) atoms. The van der Waals surface area contributed by atoms with Gasteiger partial charge in [-0.2, -0.15) is 0 Å². The molecule has 1 rings (SSSR count). The second-order valence-electron chi connectivity index (χ2n) is 4.41. The lowest BCUT2D eigenvalue weighted by molar-refractivity contribution is -0.142. The summed E-state index contributed by atoms with van der Waals surface area (Å²) in [4.78, 5) is 12.0. The molecule has 1 fully saturated rings. The van der Waals surface area contributed by atoms with Crippen LogP contribution in [-0.2, 0) is 14.3 Å². The third kappa shape index (κ3) is 4.26. The Morgan fingerprint density at radius 1 is 1.41 bits per heavy atom. The highest BCUT2D eigenvalue weighted by atomic mass is 16.7. The molecule has 1 aliphatic heterocycles. The molecular formula is C12H24N2O3. The fourth-order valence-electron chi connectivity index (χ4n) is 2.00. The van der Waals surface area contributed by atoms with Crippen molar-refractivity contribution in [3.05, 3.63) is 0 Å². The second kappa shape index (κ2) is 6.93. The Bertz CT molecular complexity index is 234. The van der Waals surface area contributed by atoms with Gasteiger partial charge >= 0.3 is 0 Å². The zero-order valence-corrected chi connectivity index (χ0v) is 11.0. The Hall–Kier alpha value is -0.650. The molecule has 0 spiro atoms. The van der Waals surface area contributed by atoms with Crippen LogP contribution in [0.5, 0.6) is 0 Å². The monoisotopic (exact) mass is 244 g/mol. The molecule has 100 valence electrons. The van der Waals surface area contributed by atoms with Crippen molar-refractivity contribution < 1.29 is 14.3 Å². The van der Waals surface area contributed by atoms with Gasteiger partial charge in [0.2, 0.25) is 5.91 Å². The minimum atomic E-state index is -0.428. The zero-order valence-electron chi connectivity index (χ0n) is 11.0. The van der Waals surface area contributed by atoms with E-state index in [-0.39, 0.29) is 12.2 Å². The van der Waals surface area contributed by atoms with Gasteiger partial charge in [-0.3, -0.25) is 4.79 Å². The van der Waals surface area contributed by atoms with Gasteiger partial charge in [-0.25, -0.2) is 0 Å². The Kier molecular flexibility index (Phi) is 5.88. The van der Waals surface area contributed by atoms with Gasteiger partial charge in [0.15, 0.2) is 6.29 Å². The highest BCUT2D eigenvalue weighted by Gasteiger charge is 2.35. The highest BCUT2D eigenvalue weighted by Crippen LogP contribution is 2.18. The third-order valence-electron chi connectivity index (χ3n) is 3.00. The van der Waals surface area contributed by atoms with E-state index in [0.717, 1.165) is 19.4 Å². The molecule has 1 atom stereocenters. The Morgan fingerprint density at radius 2 is 2.06 bits per heavy atom. The predicted molar refractivity (Wildman–Crippen MR) is 65.7 cm³/mol. The van der Waals surface area contributed by atoms with Crippen LogP contribution in [0.15, 0.2) is 0 Å².